The normalized spacial score (nSPS) is 11.2. The smallest absolute Gasteiger partial charge is 0.256 e. The van der Waals surface area contributed by atoms with Crippen LogP contribution >= 0.6 is 11.8 Å². The second-order valence-corrected chi connectivity index (χ2v) is 5.52. The highest BCUT2D eigenvalue weighted by molar-refractivity contribution is 7.98. The molecule has 2 aromatic heterocycles. The zero-order valence-electron chi connectivity index (χ0n) is 11.2. The number of thioether (sulfide) groups is 1. The quantitative estimate of drug-likeness (QED) is 0.694. The van der Waals surface area contributed by atoms with Gasteiger partial charge in [-0.05, 0) is 37.6 Å². The van der Waals surface area contributed by atoms with E-state index in [1.54, 1.807) is 6.07 Å². The third-order valence-electron chi connectivity index (χ3n) is 2.92. The summed E-state index contributed by atoms with van der Waals surface area (Å²) >= 11 is 1.52. The number of hydrogen-bond acceptors (Lipinski definition) is 4. The second-order valence-electron chi connectivity index (χ2n) is 4.58. The van der Waals surface area contributed by atoms with Gasteiger partial charge in [-0.25, -0.2) is 9.37 Å². The summed E-state index contributed by atoms with van der Waals surface area (Å²) in [6.07, 6.45) is 0. The maximum atomic E-state index is 13.1. The molecule has 0 aliphatic carbocycles. The Balaban J connectivity index is 1.88. The number of benzene rings is 1. The van der Waals surface area contributed by atoms with E-state index in [4.69, 9.17) is 0 Å². The highest BCUT2D eigenvalue weighted by atomic mass is 32.2. The number of hydrogen-bond donors (Lipinski definition) is 0. The van der Waals surface area contributed by atoms with Crippen molar-refractivity contribution in [1.29, 1.82) is 0 Å². The van der Waals surface area contributed by atoms with Crippen molar-refractivity contribution in [3.63, 3.8) is 0 Å². The van der Waals surface area contributed by atoms with Crippen LogP contribution in [-0.4, -0.2) is 19.6 Å². The van der Waals surface area contributed by atoms with Gasteiger partial charge in [-0.3, -0.25) is 4.40 Å². The van der Waals surface area contributed by atoms with Gasteiger partial charge in [0.15, 0.2) is 5.16 Å². The Kier molecular flexibility index (Phi) is 3.40. The summed E-state index contributed by atoms with van der Waals surface area (Å²) in [5, 5.41) is 9.00. The van der Waals surface area contributed by atoms with Gasteiger partial charge in [0, 0.05) is 17.1 Å². The molecule has 4 nitrogen and oxygen atoms in total. The van der Waals surface area contributed by atoms with E-state index in [-0.39, 0.29) is 5.82 Å². The standard InChI is InChI=1S/C14H13FN4S/c1-9-6-10(2)19-13(16-9)17-18-14(19)20-8-11-4-3-5-12(15)7-11/h3-7H,8H2,1-2H3. The van der Waals surface area contributed by atoms with Crippen molar-refractivity contribution >= 4 is 17.5 Å². The molecule has 0 saturated heterocycles. The summed E-state index contributed by atoms with van der Waals surface area (Å²) in [5.41, 5.74) is 2.88. The number of aromatic nitrogens is 4. The number of rotatable bonds is 3. The van der Waals surface area contributed by atoms with Crippen LogP contribution in [0.4, 0.5) is 4.39 Å². The number of halogens is 1. The third-order valence-corrected chi connectivity index (χ3v) is 3.92. The lowest BCUT2D eigenvalue weighted by atomic mass is 10.2. The van der Waals surface area contributed by atoms with Crippen molar-refractivity contribution in [3.8, 4) is 0 Å². The van der Waals surface area contributed by atoms with Gasteiger partial charge in [-0.15, -0.1) is 10.2 Å². The van der Waals surface area contributed by atoms with Crippen LogP contribution in [-0.2, 0) is 5.75 Å². The molecule has 0 amide bonds. The highest BCUT2D eigenvalue weighted by Gasteiger charge is 2.10. The van der Waals surface area contributed by atoms with Gasteiger partial charge in [0.25, 0.3) is 5.78 Å². The summed E-state index contributed by atoms with van der Waals surface area (Å²) in [6, 6.07) is 8.57. The van der Waals surface area contributed by atoms with Gasteiger partial charge in [-0.1, -0.05) is 23.9 Å². The Hall–Kier alpha value is -1.95. The first-order valence-corrected chi connectivity index (χ1v) is 7.18. The molecular weight excluding hydrogens is 275 g/mol. The predicted octanol–water partition coefficient (Wildman–Crippen LogP) is 3.17. The minimum Gasteiger partial charge on any atom is -0.259 e. The third kappa shape index (κ3) is 2.51. The first-order valence-electron chi connectivity index (χ1n) is 6.20. The summed E-state index contributed by atoms with van der Waals surface area (Å²) in [5.74, 6) is 1.03. The minimum absolute atomic E-state index is 0.220. The summed E-state index contributed by atoms with van der Waals surface area (Å²) in [6.45, 7) is 3.93. The van der Waals surface area contributed by atoms with Gasteiger partial charge >= 0.3 is 0 Å². The Bertz CT molecular complexity index is 769. The van der Waals surface area contributed by atoms with E-state index in [0.29, 0.717) is 11.5 Å². The fourth-order valence-electron chi connectivity index (χ4n) is 2.07. The first kappa shape index (κ1) is 13.1. The molecule has 102 valence electrons. The van der Waals surface area contributed by atoms with Gasteiger partial charge in [0.2, 0.25) is 0 Å². The van der Waals surface area contributed by atoms with Gasteiger partial charge in [0.05, 0.1) is 0 Å². The zero-order chi connectivity index (χ0) is 14.1. The number of nitrogens with zero attached hydrogens (tertiary/aromatic N) is 4. The SMILES string of the molecule is Cc1cc(C)n2c(SCc3cccc(F)c3)nnc2n1. The molecule has 3 rings (SSSR count). The molecule has 0 radical (unpaired) electrons. The van der Waals surface area contributed by atoms with Gasteiger partial charge in [-0.2, -0.15) is 0 Å². The minimum atomic E-state index is -0.220. The van der Waals surface area contributed by atoms with E-state index in [0.717, 1.165) is 22.1 Å². The molecule has 0 bridgehead atoms. The molecule has 0 atom stereocenters. The topological polar surface area (TPSA) is 43.1 Å². The Morgan fingerprint density at radius 3 is 2.85 bits per heavy atom. The highest BCUT2D eigenvalue weighted by Crippen LogP contribution is 2.22. The predicted molar refractivity (Wildman–Crippen MR) is 76.2 cm³/mol. The largest absolute Gasteiger partial charge is 0.259 e. The van der Waals surface area contributed by atoms with E-state index in [1.165, 1.54) is 23.9 Å². The van der Waals surface area contributed by atoms with Gasteiger partial charge in [0.1, 0.15) is 5.82 Å². The molecular formula is C14H13FN4S. The monoisotopic (exact) mass is 288 g/mol. The lowest BCUT2D eigenvalue weighted by molar-refractivity contribution is 0.626. The lowest BCUT2D eigenvalue weighted by Crippen LogP contribution is -1.97. The maximum Gasteiger partial charge on any atom is 0.256 e. The van der Waals surface area contributed by atoms with Crippen LogP contribution in [0.5, 0.6) is 0 Å². The van der Waals surface area contributed by atoms with E-state index in [2.05, 4.69) is 15.2 Å². The molecule has 6 heteroatoms. The average Bonchev–Trinajstić information content (AvgIpc) is 2.79. The van der Waals surface area contributed by atoms with Crippen LogP contribution in [0.15, 0.2) is 35.5 Å². The lowest BCUT2D eigenvalue weighted by Gasteiger charge is -2.04. The Morgan fingerprint density at radius 2 is 2.05 bits per heavy atom. The summed E-state index contributed by atoms with van der Waals surface area (Å²) < 4.78 is 15.1. The van der Waals surface area contributed by atoms with Crippen LogP contribution in [0.1, 0.15) is 17.0 Å². The number of fused-ring (bicyclic) bond motifs is 1. The molecule has 0 N–H and O–H groups in total. The van der Waals surface area contributed by atoms with Crippen molar-refractivity contribution in [1.82, 2.24) is 19.6 Å². The summed E-state index contributed by atoms with van der Waals surface area (Å²) in [7, 11) is 0. The van der Waals surface area contributed by atoms with Crippen molar-refractivity contribution in [2.45, 2.75) is 24.8 Å². The Morgan fingerprint density at radius 1 is 1.20 bits per heavy atom. The molecule has 1 aromatic carbocycles. The van der Waals surface area contributed by atoms with Crippen LogP contribution in [0.2, 0.25) is 0 Å². The first-order chi connectivity index (χ1) is 9.63. The molecule has 0 spiro atoms. The molecule has 0 saturated carbocycles. The van der Waals surface area contributed by atoms with Crippen molar-refractivity contribution < 1.29 is 4.39 Å². The Labute approximate surface area is 120 Å². The molecule has 2 heterocycles. The molecule has 0 unspecified atom stereocenters. The molecule has 0 aliphatic heterocycles. The van der Waals surface area contributed by atoms with Crippen LogP contribution in [0.3, 0.4) is 0 Å². The number of aryl methyl sites for hydroxylation is 2. The van der Waals surface area contributed by atoms with E-state index < -0.39 is 0 Å². The molecule has 20 heavy (non-hydrogen) atoms. The fourth-order valence-corrected chi connectivity index (χ4v) is 3.00. The van der Waals surface area contributed by atoms with Crippen molar-refractivity contribution in [2.24, 2.45) is 0 Å². The summed E-state index contributed by atoms with van der Waals surface area (Å²) in [4.78, 5) is 4.34. The van der Waals surface area contributed by atoms with E-state index >= 15 is 0 Å². The maximum absolute atomic E-state index is 13.1. The van der Waals surface area contributed by atoms with E-state index in [1.807, 2.05) is 30.4 Å². The van der Waals surface area contributed by atoms with Crippen molar-refractivity contribution in [3.05, 3.63) is 53.1 Å². The van der Waals surface area contributed by atoms with Crippen molar-refractivity contribution in [2.75, 3.05) is 0 Å². The van der Waals surface area contributed by atoms with Crippen LogP contribution in [0.25, 0.3) is 5.78 Å². The van der Waals surface area contributed by atoms with Crippen LogP contribution in [0, 0.1) is 19.7 Å². The van der Waals surface area contributed by atoms with E-state index in [9.17, 15) is 4.39 Å². The average molecular weight is 288 g/mol. The molecule has 0 fully saturated rings. The molecule has 3 aromatic rings. The van der Waals surface area contributed by atoms with Crippen LogP contribution < -0.4 is 0 Å². The second kappa shape index (κ2) is 5.20. The van der Waals surface area contributed by atoms with Gasteiger partial charge < -0.3 is 0 Å². The fraction of sp³-hybridized carbons (Fsp3) is 0.214. The molecule has 0 aliphatic rings. The zero-order valence-corrected chi connectivity index (χ0v) is 12.0.